The Morgan fingerprint density at radius 3 is 0.863 bits per heavy atom. The number of anilines is 15. The molecule has 19 heteroatoms. The first-order valence-electron chi connectivity index (χ1n) is 51.7. The van der Waals surface area contributed by atoms with Crippen LogP contribution >= 0.6 is 0 Å². The lowest BCUT2D eigenvalue weighted by Gasteiger charge is -2.33. The summed E-state index contributed by atoms with van der Waals surface area (Å²) in [6, 6.07) is 78.7. The number of aromatic nitrogens is 4. The Kier molecular flexibility index (Phi) is 16.8. The number of rotatable bonds is 8. The molecule has 25 rings (SSSR count). The van der Waals surface area contributed by atoms with Gasteiger partial charge in [-0.1, -0.05) is 164 Å². The van der Waals surface area contributed by atoms with Gasteiger partial charge in [-0.2, -0.15) is 0 Å². The minimum Gasteiger partial charge on any atom is -0.454 e. The van der Waals surface area contributed by atoms with E-state index in [-0.39, 0.29) is 6.17 Å². The Labute approximate surface area is 784 Å². The van der Waals surface area contributed by atoms with Gasteiger partial charge >= 0.3 is 0 Å². The first kappa shape index (κ1) is 67.3. The second-order valence-electron chi connectivity index (χ2n) is 34.4. The molecule has 5 aliphatic heterocycles. The molecule has 656 valence electrons. The molecule has 0 amide bonds. The van der Waals surface area contributed by atoms with E-state index in [9.17, 15) is 0 Å². The van der Waals surface area contributed by atoms with Gasteiger partial charge in [0.25, 0.3) is 0 Å². The van der Waals surface area contributed by atoms with Crippen molar-refractivity contribution in [1.29, 1.82) is 0 Å². The molecule has 7 unspecified atom stereocenters. The van der Waals surface area contributed by atoms with Crippen LogP contribution in [0.15, 0.2) is 302 Å². The fourth-order valence-corrected chi connectivity index (χ4v) is 20.3. The van der Waals surface area contributed by atoms with Crippen molar-refractivity contribution >= 4 is 196 Å². The third kappa shape index (κ3) is 13.3. The first-order chi connectivity index (χ1) is 69.4. The fourth-order valence-electron chi connectivity index (χ4n) is 20.3. The summed E-state index contributed by atoms with van der Waals surface area (Å²) in [5.41, 5.74) is 22.2. The number of para-hydroxylation sites is 7. The van der Waals surface area contributed by atoms with Crippen LogP contribution in [0.2, 0.25) is 0 Å². The number of hydrogen-bond donors (Lipinski definition) is 0. The molecular weight excluding hydrogens is 1620 g/mol. The van der Waals surface area contributed by atoms with E-state index in [4.69, 9.17) is 47.6 Å². The van der Waals surface area contributed by atoms with Crippen LogP contribution in [0.3, 0.4) is 0 Å². The van der Waals surface area contributed by atoms with Crippen molar-refractivity contribution in [2.24, 2.45) is 0 Å². The van der Waals surface area contributed by atoms with Gasteiger partial charge in [0.2, 0.25) is 0 Å². The van der Waals surface area contributed by atoms with Crippen LogP contribution in [-0.4, -0.2) is 82.8 Å². The summed E-state index contributed by atoms with van der Waals surface area (Å²) >= 11 is 0. The highest BCUT2D eigenvalue weighted by Gasteiger charge is 2.43. The smallest absolute Gasteiger partial charge is 0.159 e. The standard InChI is InChI=1S/C24H24N2O.2C23H23N3O.2C21H19N3O/c1-15(2)25-17(4)26(21-11-7-6-10-20(21)25)23-16(3)13-14-19-18-9-5-8-12-22(18)27-24(19)23;2*1-14(2)25-16(4)26(23-19(25)9-7-13-24-23)21-15(3)11-12-18-17-8-5-6-10-20(17)27-22(18)21;1-13-10-11-16-15-7-4-5-9-18(15)25-20(16)19(13)24-14(2)23(3)21-17(24)8-6-12-22-21;1-13-10-11-16-15-7-4-5-9-18(15)25-20(16)19(13)24-14(2)23(3)17-8-6-12-22-21(17)24/h5-15,17H,1-4H3;2*5-14,16H,1-4H3;2*4-12,14H,1-3H3/i1D3,15D;1D3,14D;14D;2*3D3. The molecule has 0 spiro atoms. The van der Waals surface area contributed by atoms with Crippen LogP contribution in [0.5, 0.6) is 0 Å². The van der Waals surface area contributed by atoms with Gasteiger partial charge in [-0.05, 0) is 229 Å². The van der Waals surface area contributed by atoms with Gasteiger partial charge in [0, 0.05) is 127 Å². The maximum absolute atomic E-state index is 8.81. The number of pyridine rings is 4. The highest BCUT2D eigenvalue weighted by Crippen LogP contribution is 2.55. The monoisotopic (exact) mass is 1740 g/mol. The van der Waals surface area contributed by atoms with E-state index in [1.165, 1.54) is 23.6 Å². The van der Waals surface area contributed by atoms with Crippen molar-refractivity contribution in [2.75, 3.05) is 63.0 Å². The van der Waals surface area contributed by atoms with Crippen LogP contribution in [0, 0.1) is 34.6 Å². The zero-order chi connectivity index (χ0) is 103. The molecule has 0 radical (unpaired) electrons. The summed E-state index contributed by atoms with van der Waals surface area (Å²) < 4.78 is 154. The maximum atomic E-state index is 8.81. The van der Waals surface area contributed by atoms with Gasteiger partial charge in [0.1, 0.15) is 58.7 Å². The SMILES string of the molecule is [2H]C(C)(C)N1c2cccnc2N(c2c(C)ccc3c2oc2ccccc23)C1C.[2H]C([2H])([2H])C([2H])(C)N1c2ccccc2N(c2c(C)ccc3c2oc2ccccc23)C1C.[2H]C([2H])([2H])C([2H])(C)N1c2cccnc2N(c2c(C)ccc3c2oc2ccccc23)C1C.[2H]C([2H])([2H])N1c2cccnc2N(c2c(C)ccc3c2oc2ccccc23)C1C.[2H]C([2H])([2H])N1c2ncccc2N(c2c(C)ccc3c2oc2ccccc23)C1C. The highest BCUT2D eigenvalue weighted by atomic mass is 16.3. The van der Waals surface area contributed by atoms with Crippen LogP contribution in [0.4, 0.5) is 85.8 Å². The number of fused-ring (bicyclic) bond motifs is 20. The van der Waals surface area contributed by atoms with E-state index in [0.717, 1.165) is 195 Å². The van der Waals surface area contributed by atoms with Gasteiger partial charge in [0.05, 0.1) is 66.7 Å². The van der Waals surface area contributed by atoms with Gasteiger partial charge in [-0.3, -0.25) is 0 Å². The number of nitrogens with zero attached hydrogens (tertiary/aromatic N) is 14. The molecule has 11 aromatic carbocycles. The van der Waals surface area contributed by atoms with Crippen molar-refractivity contribution in [3.63, 3.8) is 0 Å². The van der Waals surface area contributed by atoms with Gasteiger partial charge < -0.3 is 71.1 Å². The average Bonchev–Trinajstić information content (AvgIpc) is 1.59. The number of furan rings is 5. The van der Waals surface area contributed by atoms with Crippen molar-refractivity contribution in [2.45, 2.75) is 160 Å². The second-order valence-corrected chi connectivity index (χ2v) is 34.4. The molecule has 0 bridgehead atoms. The van der Waals surface area contributed by atoms with Crippen LogP contribution in [0.25, 0.3) is 110 Å². The Morgan fingerprint density at radius 1 is 0.252 bits per heavy atom. The predicted octanol–water partition coefficient (Wildman–Crippen LogP) is 29.1. The Hall–Kier alpha value is -15.0. The lowest BCUT2D eigenvalue weighted by atomic mass is 10.1. The van der Waals surface area contributed by atoms with Gasteiger partial charge in [-0.25, -0.2) is 19.9 Å². The van der Waals surface area contributed by atoms with Crippen LogP contribution in [0.1, 0.15) is 124 Å². The largest absolute Gasteiger partial charge is 0.454 e. The lowest BCUT2D eigenvalue weighted by Crippen LogP contribution is -2.42. The highest BCUT2D eigenvalue weighted by molar-refractivity contribution is 6.16. The lowest BCUT2D eigenvalue weighted by molar-refractivity contribution is 0.602. The third-order valence-electron chi connectivity index (χ3n) is 26.2. The summed E-state index contributed by atoms with van der Waals surface area (Å²) in [7, 11) is 0. The summed E-state index contributed by atoms with van der Waals surface area (Å²) in [6.45, 7) is 17.1. The van der Waals surface area contributed by atoms with Crippen molar-refractivity contribution < 1.29 is 42.6 Å². The summed E-state index contributed by atoms with van der Waals surface area (Å²) in [4.78, 5) is 36.8. The molecule has 14 heterocycles. The molecule has 0 saturated heterocycles. The zero-order valence-electron chi connectivity index (χ0n) is 90.2. The Morgan fingerprint density at radius 2 is 0.511 bits per heavy atom. The molecule has 5 aliphatic rings. The van der Waals surface area contributed by atoms with E-state index in [1.54, 1.807) is 46.6 Å². The van der Waals surface area contributed by atoms with Crippen LogP contribution in [-0.2, 0) is 0 Å². The predicted molar refractivity (Wildman–Crippen MR) is 543 cm³/mol. The molecule has 131 heavy (non-hydrogen) atoms. The topological polar surface area (TPSA) is 150 Å². The molecule has 0 fully saturated rings. The van der Waals surface area contributed by atoms with E-state index >= 15 is 0 Å². The quantitative estimate of drug-likeness (QED) is 0.142. The molecule has 20 aromatic rings. The van der Waals surface area contributed by atoms with Crippen LogP contribution < -0.4 is 49.0 Å². The third-order valence-corrected chi connectivity index (χ3v) is 26.2. The molecule has 7 atom stereocenters. The van der Waals surface area contributed by atoms with Gasteiger partial charge in [0.15, 0.2) is 51.2 Å². The molecule has 0 saturated carbocycles. The molecule has 0 aliphatic carbocycles. The minimum absolute atomic E-state index is 0.0603. The fraction of sp³-hybridized carbons (Fsp3) is 0.232. The second kappa shape index (κ2) is 32.6. The van der Waals surface area contributed by atoms with E-state index in [0.29, 0.717) is 28.8 Å². The number of benzene rings is 11. The van der Waals surface area contributed by atoms with E-state index < -0.39 is 70.4 Å². The Bertz CT molecular complexity index is 7880. The maximum Gasteiger partial charge on any atom is 0.159 e. The minimum atomic E-state index is -2.51. The first-order valence-corrected chi connectivity index (χ1v) is 44.2. The Balaban J connectivity index is 0.000000107. The van der Waals surface area contributed by atoms with E-state index in [2.05, 4.69) is 98.1 Å². The molecule has 19 nitrogen and oxygen atoms in total. The van der Waals surface area contributed by atoms with E-state index in [1.807, 2.05) is 272 Å². The van der Waals surface area contributed by atoms with Crippen molar-refractivity contribution in [3.05, 3.63) is 307 Å². The number of hydrogen-bond acceptors (Lipinski definition) is 19. The van der Waals surface area contributed by atoms with Crippen molar-refractivity contribution in [3.8, 4) is 0 Å². The average molecular weight is 1750 g/mol. The summed E-state index contributed by atoms with van der Waals surface area (Å²) in [5.74, 6) is 2.57. The molecule has 9 aromatic heterocycles. The zero-order valence-corrected chi connectivity index (χ0v) is 75.2. The molecule has 0 N–H and O–H groups in total. The summed E-state index contributed by atoms with van der Waals surface area (Å²) in [5, 5.41) is 10.4. The number of aryl methyl sites for hydroxylation is 5. The molecular formula is C112H108N14O5. The van der Waals surface area contributed by atoms with Crippen molar-refractivity contribution in [1.82, 2.24) is 19.9 Å². The summed E-state index contributed by atoms with van der Waals surface area (Å²) in [6.07, 6.45) is 5.04. The van der Waals surface area contributed by atoms with Gasteiger partial charge in [-0.15, -0.1) is 0 Å². The normalized spacial score (nSPS) is 19.8.